The van der Waals surface area contributed by atoms with E-state index in [-0.39, 0.29) is 10.6 Å². The Morgan fingerprint density at radius 3 is 2.52 bits per heavy atom. The lowest BCUT2D eigenvalue weighted by atomic mass is 10.1. The van der Waals surface area contributed by atoms with Gasteiger partial charge in [0.25, 0.3) is 5.69 Å². The number of rotatable bonds is 3. The van der Waals surface area contributed by atoms with E-state index < -0.39 is 0 Å². The Labute approximate surface area is 137 Å². The van der Waals surface area contributed by atoms with Gasteiger partial charge in [0.05, 0.1) is 4.92 Å². The van der Waals surface area contributed by atoms with Crippen LogP contribution in [0, 0.1) is 10.1 Å². The van der Waals surface area contributed by atoms with E-state index in [4.69, 9.17) is 0 Å². The molecule has 1 aromatic heterocycles. The second-order valence-corrected chi connectivity index (χ2v) is 6.38. The molecule has 4 rings (SSSR count). The van der Waals surface area contributed by atoms with Crippen LogP contribution >= 0.6 is 11.8 Å². The molecule has 0 unspecified atom stereocenters. The third-order valence-electron chi connectivity index (χ3n) is 3.91. The summed E-state index contributed by atoms with van der Waals surface area (Å²) in [5, 5.41) is 12.0. The van der Waals surface area contributed by atoms with Gasteiger partial charge in [-0.3, -0.25) is 10.1 Å². The summed E-state index contributed by atoms with van der Waals surface area (Å²) in [6.07, 6.45) is 2.13. The van der Waals surface area contributed by atoms with E-state index in [1.165, 1.54) is 5.16 Å². The molecular formula is C17H14N3O2S+. The molecule has 0 aliphatic carbocycles. The number of para-hydroxylation sites is 1. The van der Waals surface area contributed by atoms with Gasteiger partial charge in [-0.15, -0.1) is 0 Å². The number of fused-ring (bicyclic) bond motifs is 1. The second-order valence-electron chi connectivity index (χ2n) is 5.31. The zero-order valence-corrected chi connectivity index (χ0v) is 13.1. The topological polar surface area (TPSA) is 52.0 Å². The number of hydrogen-bond donors (Lipinski definition) is 0. The standard InChI is InChI=1S/C17H14N3O2S/c21-20(22)15-8-6-13(7-9-15)16-12-18-10-11-23-17(18)19(16)14-4-2-1-3-5-14/h1-9,12H,10-11H2/q+1. The summed E-state index contributed by atoms with van der Waals surface area (Å²) in [6.45, 7) is 0.986. The highest BCUT2D eigenvalue weighted by atomic mass is 32.2. The average molecular weight is 324 g/mol. The molecule has 0 amide bonds. The number of benzene rings is 2. The van der Waals surface area contributed by atoms with Gasteiger partial charge in [0.1, 0.15) is 18.4 Å². The largest absolute Gasteiger partial charge is 0.323 e. The second kappa shape index (κ2) is 5.55. The number of nitro benzene ring substituents is 1. The number of hydrogen-bond acceptors (Lipinski definition) is 3. The van der Waals surface area contributed by atoms with Crippen molar-refractivity contribution in [3.8, 4) is 16.9 Å². The monoisotopic (exact) mass is 324 g/mol. The molecule has 0 bridgehead atoms. The molecule has 0 fully saturated rings. The predicted octanol–water partition coefficient (Wildman–Crippen LogP) is 3.45. The minimum absolute atomic E-state index is 0.112. The van der Waals surface area contributed by atoms with Gasteiger partial charge in [-0.2, -0.15) is 4.57 Å². The fourth-order valence-electron chi connectivity index (χ4n) is 2.82. The lowest BCUT2D eigenvalue weighted by Crippen LogP contribution is -2.30. The number of nitro groups is 1. The van der Waals surface area contributed by atoms with Crippen molar-refractivity contribution < 1.29 is 9.49 Å². The number of thioether (sulfide) groups is 1. The van der Waals surface area contributed by atoms with E-state index in [0.29, 0.717) is 0 Å². The molecule has 0 radical (unpaired) electrons. The number of aromatic nitrogens is 2. The van der Waals surface area contributed by atoms with Crippen molar-refractivity contribution >= 4 is 17.4 Å². The average Bonchev–Trinajstić information content (AvgIpc) is 3.16. The van der Waals surface area contributed by atoms with Crippen LogP contribution in [-0.4, -0.2) is 15.2 Å². The van der Waals surface area contributed by atoms with E-state index >= 15 is 0 Å². The van der Waals surface area contributed by atoms with Crippen LogP contribution in [-0.2, 0) is 6.54 Å². The fraction of sp³-hybridized carbons (Fsp3) is 0.118. The van der Waals surface area contributed by atoms with Gasteiger partial charge in [0.15, 0.2) is 5.69 Å². The zero-order valence-electron chi connectivity index (χ0n) is 12.3. The quantitative estimate of drug-likeness (QED) is 0.421. The molecule has 114 valence electrons. The van der Waals surface area contributed by atoms with Gasteiger partial charge in [-0.25, -0.2) is 4.57 Å². The molecule has 5 nitrogen and oxygen atoms in total. The normalized spacial score (nSPS) is 13.0. The third kappa shape index (κ3) is 2.41. The molecular weight excluding hydrogens is 310 g/mol. The van der Waals surface area contributed by atoms with Gasteiger partial charge in [0, 0.05) is 23.4 Å². The van der Waals surface area contributed by atoms with Gasteiger partial charge >= 0.3 is 5.16 Å². The highest BCUT2D eigenvalue weighted by Crippen LogP contribution is 2.31. The Hall–Kier alpha value is -2.60. The molecule has 0 saturated carbocycles. The van der Waals surface area contributed by atoms with Gasteiger partial charge in [0.2, 0.25) is 0 Å². The maximum Gasteiger partial charge on any atom is 0.323 e. The molecule has 2 aromatic carbocycles. The minimum Gasteiger partial charge on any atom is -0.258 e. The van der Waals surface area contributed by atoms with Crippen LogP contribution in [0.15, 0.2) is 66.0 Å². The summed E-state index contributed by atoms with van der Waals surface area (Å²) in [4.78, 5) is 10.5. The summed E-state index contributed by atoms with van der Waals surface area (Å²) >= 11 is 1.83. The van der Waals surface area contributed by atoms with Crippen molar-refractivity contribution in [2.24, 2.45) is 0 Å². The van der Waals surface area contributed by atoms with E-state index in [9.17, 15) is 10.1 Å². The first-order valence-corrected chi connectivity index (χ1v) is 8.31. The van der Waals surface area contributed by atoms with Gasteiger partial charge < -0.3 is 0 Å². The highest BCUT2D eigenvalue weighted by molar-refractivity contribution is 7.99. The van der Waals surface area contributed by atoms with Crippen molar-refractivity contribution in [3.05, 3.63) is 70.9 Å². The van der Waals surface area contributed by atoms with Crippen LogP contribution in [0.1, 0.15) is 0 Å². The fourth-order valence-corrected chi connectivity index (χ4v) is 3.93. The SMILES string of the molecule is O=[N+]([O-])c1ccc(-c2c[n+]3c(n2-c2ccccc2)SCC3)cc1. The molecule has 1 aliphatic rings. The maximum absolute atomic E-state index is 10.8. The Balaban J connectivity index is 1.87. The van der Waals surface area contributed by atoms with E-state index in [1.807, 2.05) is 42.1 Å². The van der Waals surface area contributed by atoms with E-state index in [2.05, 4.69) is 27.5 Å². The summed E-state index contributed by atoms with van der Waals surface area (Å²) in [5.41, 5.74) is 3.24. The molecule has 1 aliphatic heterocycles. The zero-order chi connectivity index (χ0) is 15.8. The molecule has 0 saturated heterocycles. The van der Waals surface area contributed by atoms with Crippen molar-refractivity contribution in [1.29, 1.82) is 0 Å². The molecule has 0 spiro atoms. The Morgan fingerprint density at radius 1 is 1.09 bits per heavy atom. The number of imidazole rings is 1. The molecule has 0 N–H and O–H groups in total. The smallest absolute Gasteiger partial charge is 0.258 e. The first-order valence-electron chi connectivity index (χ1n) is 7.32. The molecule has 3 aromatic rings. The molecule has 23 heavy (non-hydrogen) atoms. The van der Waals surface area contributed by atoms with Crippen molar-refractivity contribution in [1.82, 2.24) is 4.57 Å². The maximum atomic E-state index is 10.8. The van der Waals surface area contributed by atoms with Crippen molar-refractivity contribution in [3.63, 3.8) is 0 Å². The van der Waals surface area contributed by atoms with Crippen LogP contribution in [0.5, 0.6) is 0 Å². The Kier molecular flexibility index (Phi) is 3.38. The van der Waals surface area contributed by atoms with Crippen molar-refractivity contribution in [2.75, 3.05) is 5.75 Å². The van der Waals surface area contributed by atoms with Crippen LogP contribution < -0.4 is 4.57 Å². The van der Waals surface area contributed by atoms with Crippen LogP contribution in [0.25, 0.3) is 16.9 Å². The molecule has 0 atom stereocenters. The lowest BCUT2D eigenvalue weighted by molar-refractivity contribution is -0.723. The van der Waals surface area contributed by atoms with E-state index in [0.717, 1.165) is 29.2 Å². The first-order chi connectivity index (χ1) is 11.2. The predicted molar refractivity (Wildman–Crippen MR) is 88.8 cm³/mol. The number of nitrogens with zero attached hydrogens (tertiary/aromatic N) is 3. The third-order valence-corrected chi connectivity index (χ3v) is 4.97. The first kappa shape index (κ1) is 14.0. The molecule has 2 heterocycles. The minimum atomic E-state index is -0.370. The Morgan fingerprint density at radius 2 is 1.83 bits per heavy atom. The van der Waals surface area contributed by atoms with Crippen LogP contribution in [0.4, 0.5) is 5.69 Å². The summed E-state index contributed by atoms with van der Waals surface area (Å²) in [6, 6.07) is 16.9. The number of non-ortho nitro benzene ring substituents is 1. The summed E-state index contributed by atoms with van der Waals surface area (Å²) in [7, 11) is 0. The van der Waals surface area contributed by atoms with Gasteiger partial charge in [-0.1, -0.05) is 18.2 Å². The summed E-state index contributed by atoms with van der Waals surface area (Å²) in [5.74, 6) is 1.07. The Bertz CT molecular complexity index is 873. The lowest BCUT2D eigenvalue weighted by Gasteiger charge is -2.03. The van der Waals surface area contributed by atoms with Crippen LogP contribution in [0.3, 0.4) is 0 Å². The van der Waals surface area contributed by atoms with Gasteiger partial charge in [-0.05, 0) is 36.0 Å². The van der Waals surface area contributed by atoms with E-state index in [1.54, 1.807) is 12.1 Å². The number of aryl methyl sites for hydroxylation is 1. The summed E-state index contributed by atoms with van der Waals surface area (Å²) < 4.78 is 4.47. The molecule has 6 heteroatoms. The van der Waals surface area contributed by atoms with Crippen molar-refractivity contribution in [2.45, 2.75) is 11.7 Å². The van der Waals surface area contributed by atoms with Crippen LogP contribution in [0.2, 0.25) is 0 Å². The highest BCUT2D eigenvalue weighted by Gasteiger charge is 2.30.